The van der Waals surface area contributed by atoms with Gasteiger partial charge in [0.25, 0.3) is 11.8 Å². The second-order valence-electron chi connectivity index (χ2n) is 8.33. The van der Waals surface area contributed by atoms with E-state index in [2.05, 4.69) is 5.32 Å². The Labute approximate surface area is 210 Å². The maximum absolute atomic E-state index is 12.6. The molecule has 0 atom stereocenters. The van der Waals surface area contributed by atoms with Gasteiger partial charge in [0.1, 0.15) is 11.5 Å². The predicted octanol–water partition coefficient (Wildman–Crippen LogP) is 4.61. The number of methoxy groups -OCH3 is 1. The molecule has 0 bridgehead atoms. The van der Waals surface area contributed by atoms with E-state index in [1.807, 2.05) is 37.3 Å². The number of ether oxygens (including phenoxy) is 4. The zero-order chi connectivity index (χ0) is 25.3. The van der Waals surface area contributed by atoms with Crippen molar-refractivity contribution in [2.24, 2.45) is 0 Å². The Balaban J connectivity index is 1.32. The summed E-state index contributed by atoms with van der Waals surface area (Å²) >= 11 is 0. The van der Waals surface area contributed by atoms with Crippen LogP contribution in [0.3, 0.4) is 0 Å². The van der Waals surface area contributed by atoms with Crippen LogP contribution in [0, 0.1) is 6.92 Å². The molecular weight excluding hydrogens is 460 g/mol. The smallest absolute Gasteiger partial charge is 0.265 e. The van der Waals surface area contributed by atoms with Crippen molar-refractivity contribution in [3.63, 3.8) is 0 Å². The Morgan fingerprint density at radius 1 is 0.972 bits per heavy atom. The summed E-state index contributed by atoms with van der Waals surface area (Å²) in [4.78, 5) is 26.8. The van der Waals surface area contributed by atoms with Gasteiger partial charge in [0.15, 0.2) is 24.7 Å². The molecule has 3 aromatic rings. The highest BCUT2D eigenvalue weighted by molar-refractivity contribution is 5.99. The molecule has 1 N–H and O–H groups in total. The Hall–Kier alpha value is -4.20. The molecule has 1 aliphatic rings. The largest absolute Gasteiger partial charge is 0.493 e. The van der Waals surface area contributed by atoms with Crippen LogP contribution in [0.5, 0.6) is 23.0 Å². The van der Waals surface area contributed by atoms with Crippen LogP contribution in [-0.4, -0.2) is 45.3 Å². The van der Waals surface area contributed by atoms with Crippen LogP contribution in [0.25, 0.3) is 0 Å². The fourth-order valence-corrected chi connectivity index (χ4v) is 3.88. The van der Waals surface area contributed by atoms with E-state index in [0.29, 0.717) is 41.8 Å². The summed E-state index contributed by atoms with van der Waals surface area (Å²) in [5.74, 6) is 2.07. The van der Waals surface area contributed by atoms with E-state index >= 15 is 0 Å². The topological polar surface area (TPSA) is 86.3 Å². The number of nitrogens with one attached hydrogen (secondary N) is 1. The highest BCUT2D eigenvalue weighted by Crippen LogP contribution is 2.35. The number of anilines is 2. The van der Waals surface area contributed by atoms with Crippen LogP contribution in [-0.2, 0) is 9.59 Å². The van der Waals surface area contributed by atoms with Crippen molar-refractivity contribution in [2.75, 3.05) is 43.7 Å². The minimum absolute atomic E-state index is 0.00877. The molecule has 8 nitrogen and oxygen atoms in total. The lowest BCUT2D eigenvalue weighted by Gasteiger charge is -2.30. The summed E-state index contributed by atoms with van der Waals surface area (Å²) in [5, 5.41) is 2.82. The molecule has 1 heterocycles. The van der Waals surface area contributed by atoms with E-state index in [1.54, 1.807) is 48.4 Å². The van der Waals surface area contributed by atoms with E-state index in [4.69, 9.17) is 18.9 Å². The first kappa shape index (κ1) is 24.9. The van der Waals surface area contributed by atoms with Gasteiger partial charge >= 0.3 is 0 Å². The molecule has 2 amide bonds. The molecule has 188 valence electrons. The van der Waals surface area contributed by atoms with Crippen LogP contribution >= 0.6 is 0 Å². The third-order valence-electron chi connectivity index (χ3n) is 5.74. The number of para-hydroxylation sites is 3. The molecule has 36 heavy (non-hydrogen) atoms. The molecule has 0 radical (unpaired) electrons. The molecule has 0 saturated carbocycles. The van der Waals surface area contributed by atoms with Crippen molar-refractivity contribution in [1.82, 2.24) is 0 Å². The molecule has 0 fully saturated rings. The van der Waals surface area contributed by atoms with Crippen molar-refractivity contribution in [3.05, 3.63) is 72.3 Å². The van der Waals surface area contributed by atoms with Crippen LogP contribution in [0.15, 0.2) is 66.7 Å². The Bertz CT molecular complexity index is 1210. The Morgan fingerprint density at radius 2 is 1.72 bits per heavy atom. The standard InChI is InChI=1S/C28H30N2O6/c1-20-9-3-4-10-23(20)34-16-8-7-15-30-22-17-21(13-14-24(22)36-19-28(30)32)29-27(31)18-35-26-12-6-5-11-25(26)33-2/h3-6,9-14,17H,7-8,15-16,18-19H2,1-2H3,(H,29,31). The number of unbranched alkanes of at least 4 members (excludes halogenated alkanes) is 1. The number of amides is 2. The predicted molar refractivity (Wildman–Crippen MR) is 137 cm³/mol. The third-order valence-corrected chi connectivity index (χ3v) is 5.74. The lowest BCUT2D eigenvalue weighted by molar-refractivity contribution is -0.121. The average molecular weight is 491 g/mol. The monoisotopic (exact) mass is 490 g/mol. The van der Waals surface area contributed by atoms with Gasteiger partial charge in [0.05, 0.1) is 19.4 Å². The van der Waals surface area contributed by atoms with Crippen molar-refractivity contribution >= 4 is 23.2 Å². The van der Waals surface area contributed by atoms with Gasteiger partial charge in [-0.15, -0.1) is 0 Å². The average Bonchev–Trinajstić information content (AvgIpc) is 2.89. The van der Waals surface area contributed by atoms with E-state index in [0.717, 1.165) is 24.2 Å². The van der Waals surface area contributed by atoms with E-state index in [1.165, 1.54) is 0 Å². The van der Waals surface area contributed by atoms with Gasteiger partial charge in [-0.25, -0.2) is 0 Å². The lowest BCUT2D eigenvalue weighted by Crippen LogP contribution is -2.39. The van der Waals surface area contributed by atoms with Gasteiger partial charge in [0.2, 0.25) is 0 Å². The fraction of sp³-hybridized carbons (Fsp3) is 0.286. The second-order valence-corrected chi connectivity index (χ2v) is 8.33. The molecule has 8 heteroatoms. The summed E-state index contributed by atoms with van der Waals surface area (Å²) in [6, 6.07) is 20.3. The number of carbonyl (C=O) groups is 2. The zero-order valence-corrected chi connectivity index (χ0v) is 20.5. The summed E-state index contributed by atoms with van der Waals surface area (Å²) in [5.41, 5.74) is 2.28. The minimum atomic E-state index is -0.330. The first-order valence-electron chi connectivity index (χ1n) is 11.9. The van der Waals surface area contributed by atoms with Gasteiger partial charge in [-0.1, -0.05) is 30.3 Å². The molecule has 4 rings (SSSR count). The molecule has 0 unspecified atom stereocenters. The minimum Gasteiger partial charge on any atom is -0.493 e. The third kappa shape index (κ3) is 6.27. The van der Waals surface area contributed by atoms with Gasteiger partial charge in [0, 0.05) is 12.2 Å². The highest BCUT2D eigenvalue weighted by atomic mass is 16.5. The number of hydrogen-bond donors (Lipinski definition) is 1. The first-order valence-corrected chi connectivity index (χ1v) is 11.9. The highest BCUT2D eigenvalue weighted by Gasteiger charge is 2.25. The molecule has 0 saturated heterocycles. The fourth-order valence-electron chi connectivity index (χ4n) is 3.88. The number of benzene rings is 3. The number of fused-ring (bicyclic) bond motifs is 1. The first-order chi connectivity index (χ1) is 17.5. The molecule has 0 spiro atoms. The van der Waals surface area contributed by atoms with Crippen LogP contribution in [0.2, 0.25) is 0 Å². The molecule has 1 aliphatic heterocycles. The Morgan fingerprint density at radius 3 is 2.50 bits per heavy atom. The zero-order valence-electron chi connectivity index (χ0n) is 20.5. The second kappa shape index (κ2) is 12.0. The van der Waals surface area contributed by atoms with E-state index < -0.39 is 0 Å². The lowest BCUT2D eigenvalue weighted by atomic mass is 10.2. The van der Waals surface area contributed by atoms with Gasteiger partial charge in [-0.3, -0.25) is 9.59 Å². The van der Waals surface area contributed by atoms with E-state index in [9.17, 15) is 9.59 Å². The molecule has 3 aromatic carbocycles. The summed E-state index contributed by atoms with van der Waals surface area (Å²) in [7, 11) is 1.54. The van der Waals surface area contributed by atoms with Crippen molar-refractivity contribution in [3.8, 4) is 23.0 Å². The maximum Gasteiger partial charge on any atom is 0.265 e. The molecule has 0 aromatic heterocycles. The van der Waals surface area contributed by atoms with Crippen molar-refractivity contribution < 1.29 is 28.5 Å². The summed E-state index contributed by atoms with van der Waals surface area (Å²) < 4.78 is 22.3. The quantitative estimate of drug-likeness (QED) is 0.395. The number of aryl methyl sites for hydroxylation is 1. The van der Waals surface area contributed by atoms with Crippen LogP contribution in [0.4, 0.5) is 11.4 Å². The number of carbonyl (C=O) groups excluding carboxylic acids is 2. The number of hydrogen-bond acceptors (Lipinski definition) is 6. The van der Waals surface area contributed by atoms with Gasteiger partial charge in [-0.2, -0.15) is 0 Å². The molecule has 0 aliphatic carbocycles. The van der Waals surface area contributed by atoms with Crippen molar-refractivity contribution in [2.45, 2.75) is 19.8 Å². The maximum atomic E-state index is 12.6. The molecular formula is C28H30N2O6. The van der Waals surface area contributed by atoms with E-state index in [-0.39, 0.29) is 25.0 Å². The number of nitrogens with zero attached hydrogens (tertiary/aromatic N) is 1. The van der Waals surface area contributed by atoms with Crippen LogP contribution in [0.1, 0.15) is 18.4 Å². The normalized spacial score (nSPS) is 12.4. The van der Waals surface area contributed by atoms with Gasteiger partial charge < -0.3 is 29.2 Å². The summed E-state index contributed by atoms with van der Waals surface area (Å²) in [6.45, 7) is 2.92. The van der Waals surface area contributed by atoms with Crippen molar-refractivity contribution in [1.29, 1.82) is 0 Å². The van der Waals surface area contributed by atoms with Crippen LogP contribution < -0.4 is 29.2 Å². The SMILES string of the molecule is COc1ccccc1OCC(=O)Nc1ccc2c(c1)N(CCCCOc1ccccc1C)C(=O)CO2. The number of rotatable bonds is 11. The van der Waals surface area contributed by atoms with Gasteiger partial charge in [-0.05, 0) is 61.7 Å². The Kier molecular flexibility index (Phi) is 8.28. The summed E-state index contributed by atoms with van der Waals surface area (Å²) in [6.07, 6.45) is 1.56.